The Hall–Kier alpha value is -2.09. The lowest BCUT2D eigenvalue weighted by atomic mass is 9.68. The summed E-state index contributed by atoms with van der Waals surface area (Å²) in [5, 5.41) is 0. The largest absolute Gasteiger partial charge is 0.314 e. The van der Waals surface area contributed by atoms with Gasteiger partial charge in [0, 0.05) is 12.7 Å². The van der Waals surface area contributed by atoms with Crippen LogP contribution in [-0.4, -0.2) is 13.0 Å². The number of hydrogen-bond acceptors (Lipinski definition) is 1. The van der Waals surface area contributed by atoms with Gasteiger partial charge in [0.25, 0.3) is 0 Å². The van der Waals surface area contributed by atoms with Crippen LogP contribution in [0.3, 0.4) is 0 Å². The van der Waals surface area contributed by atoms with Gasteiger partial charge in [-0.25, -0.2) is 0 Å². The maximum Gasteiger partial charge on any atom is 0.241 e. The second-order valence-corrected chi connectivity index (χ2v) is 6.14. The number of benzene rings is 2. The van der Waals surface area contributed by atoms with Gasteiger partial charge in [-0.05, 0) is 48.6 Å². The van der Waals surface area contributed by atoms with E-state index in [9.17, 15) is 4.79 Å². The molecule has 0 N–H and O–H groups in total. The molecule has 2 heteroatoms. The van der Waals surface area contributed by atoms with Gasteiger partial charge in [-0.3, -0.25) is 4.79 Å². The second kappa shape index (κ2) is 3.51. The highest BCUT2D eigenvalue weighted by molar-refractivity contribution is 6.11. The molecule has 0 bridgehead atoms. The molecule has 1 heterocycles. The van der Waals surface area contributed by atoms with E-state index in [2.05, 4.69) is 50.2 Å². The lowest BCUT2D eigenvalue weighted by Crippen LogP contribution is -2.39. The first kappa shape index (κ1) is 11.7. The van der Waals surface area contributed by atoms with Crippen molar-refractivity contribution in [2.24, 2.45) is 0 Å². The van der Waals surface area contributed by atoms with Gasteiger partial charge in [0.1, 0.15) is 0 Å². The van der Waals surface area contributed by atoms with Crippen molar-refractivity contribution in [3.8, 4) is 0 Å². The van der Waals surface area contributed by atoms with E-state index in [0.717, 1.165) is 12.1 Å². The van der Waals surface area contributed by atoms with Crippen LogP contribution in [0.15, 0.2) is 36.4 Å². The van der Waals surface area contributed by atoms with Crippen LogP contribution in [0.4, 0.5) is 5.69 Å². The average Bonchev–Trinajstić information content (AvgIpc) is 2.63. The Bertz CT molecular complexity index is 762. The Kier molecular flexibility index (Phi) is 2.06. The smallest absolute Gasteiger partial charge is 0.241 e. The maximum absolute atomic E-state index is 12.9. The number of carbonyl (C=O) groups is 1. The molecule has 2 nitrogen and oxygen atoms in total. The highest BCUT2D eigenvalue weighted by Gasteiger charge is 2.51. The van der Waals surface area contributed by atoms with Crippen molar-refractivity contribution in [2.75, 3.05) is 11.9 Å². The Morgan fingerprint density at radius 2 is 1.95 bits per heavy atom. The van der Waals surface area contributed by atoms with E-state index in [1.807, 2.05) is 11.9 Å². The molecule has 2 aliphatic rings. The molecule has 1 atom stereocenters. The number of likely N-dealkylation sites (N-methyl/N-ethyl adjacent to an activating group) is 1. The molecule has 0 saturated heterocycles. The monoisotopic (exact) mass is 263 g/mol. The lowest BCUT2D eigenvalue weighted by Gasteiger charge is -2.32. The first-order chi connectivity index (χ1) is 9.53. The minimum atomic E-state index is -0.512. The number of anilines is 1. The fraction of sp³-hybridized carbons (Fsp3) is 0.278. The van der Waals surface area contributed by atoms with Crippen molar-refractivity contribution in [1.82, 2.24) is 0 Å². The maximum atomic E-state index is 12.9. The molecule has 0 fully saturated rings. The molecule has 1 amide bonds. The number of amides is 1. The summed E-state index contributed by atoms with van der Waals surface area (Å²) >= 11 is 0. The third kappa shape index (κ3) is 1.17. The number of nitrogens with zero attached hydrogens (tertiary/aromatic N) is 1. The Labute approximate surface area is 119 Å². The van der Waals surface area contributed by atoms with Crippen LogP contribution in [0.25, 0.3) is 0 Å². The van der Waals surface area contributed by atoms with Crippen LogP contribution in [0.1, 0.15) is 34.7 Å². The molecular formula is C18H17NO. The predicted molar refractivity (Wildman–Crippen MR) is 80.3 cm³/mol. The third-order valence-corrected chi connectivity index (χ3v) is 4.90. The number of aryl methyl sites for hydroxylation is 1. The zero-order valence-electron chi connectivity index (χ0n) is 12.0. The van der Waals surface area contributed by atoms with E-state index in [0.29, 0.717) is 0 Å². The van der Waals surface area contributed by atoms with Crippen molar-refractivity contribution in [3.05, 3.63) is 64.2 Å². The van der Waals surface area contributed by atoms with Crippen molar-refractivity contribution in [1.29, 1.82) is 0 Å². The molecule has 2 aromatic carbocycles. The third-order valence-electron chi connectivity index (χ3n) is 4.90. The molecule has 1 aliphatic heterocycles. The molecular weight excluding hydrogens is 246 g/mol. The summed E-state index contributed by atoms with van der Waals surface area (Å²) in [6.07, 6.45) is 0.927. The van der Waals surface area contributed by atoms with Crippen LogP contribution in [0.5, 0.6) is 0 Å². The number of carbonyl (C=O) groups excluding carboxylic acids is 1. The van der Waals surface area contributed by atoms with E-state index in [4.69, 9.17) is 0 Å². The lowest BCUT2D eigenvalue weighted by molar-refractivity contribution is -0.121. The molecule has 1 unspecified atom stereocenters. The molecule has 0 saturated carbocycles. The number of hydrogen-bond donors (Lipinski definition) is 0. The van der Waals surface area contributed by atoms with Crippen molar-refractivity contribution < 1.29 is 4.79 Å². The molecule has 0 spiro atoms. The topological polar surface area (TPSA) is 20.3 Å². The van der Waals surface area contributed by atoms with Gasteiger partial charge in [0.05, 0.1) is 5.41 Å². The summed E-state index contributed by atoms with van der Waals surface area (Å²) in [5.41, 5.74) is 6.79. The van der Waals surface area contributed by atoms with E-state index in [1.54, 1.807) is 0 Å². The van der Waals surface area contributed by atoms with Gasteiger partial charge in [-0.15, -0.1) is 0 Å². The first-order valence-corrected chi connectivity index (χ1v) is 7.04. The van der Waals surface area contributed by atoms with E-state index in [1.165, 1.54) is 27.8 Å². The van der Waals surface area contributed by atoms with Gasteiger partial charge in [-0.1, -0.05) is 35.9 Å². The van der Waals surface area contributed by atoms with Gasteiger partial charge in [0.2, 0.25) is 5.91 Å². The van der Waals surface area contributed by atoms with Crippen molar-refractivity contribution in [3.63, 3.8) is 0 Å². The van der Waals surface area contributed by atoms with Gasteiger partial charge in [-0.2, -0.15) is 0 Å². The molecule has 100 valence electrons. The summed E-state index contributed by atoms with van der Waals surface area (Å²) in [6.45, 7) is 4.19. The first-order valence-electron chi connectivity index (χ1n) is 7.04. The average molecular weight is 263 g/mol. The molecule has 2 aromatic rings. The minimum Gasteiger partial charge on any atom is -0.314 e. The zero-order chi connectivity index (χ0) is 14.1. The highest BCUT2D eigenvalue weighted by Crippen LogP contribution is 2.51. The molecule has 0 radical (unpaired) electrons. The number of rotatable bonds is 0. The summed E-state index contributed by atoms with van der Waals surface area (Å²) in [6, 6.07) is 12.8. The molecule has 4 rings (SSSR count). The highest BCUT2D eigenvalue weighted by atomic mass is 16.2. The van der Waals surface area contributed by atoms with Crippen LogP contribution >= 0.6 is 0 Å². The van der Waals surface area contributed by atoms with Crippen LogP contribution in [0.2, 0.25) is 0 Å². The SMILES string of the molecule is Cc1ccc2c(c1)Cc1cccc3c1C2(C)C(=O)N3C. The second-order valence-electron chi connectivity index (χ2n) is 6.14. The Morgan fingerprint density at radius 3 is 2.75 bits per heavy atom. The van der Waals surface area contributed by atoms with E-state index in [-0.39, 0.29) is 5.91 Å². The Morgan fingerprint density at radius 1 is 1.15 bits per heavy atom. The normalized spacial score (nSPS) is 22.8. The van der Waals surface area contributed by atoms with Crippen LogP contribution in [-0.2, 0) is 16.6 Å². The zero-order valence-corrected chi connectivity index (χ0v) is 12.0. The van der Waals surface area contributed by atoms with Gasteiger partial charge < -0.3 is 4.90 Å². The van der Waals surface area contributed by atoms with E-state index < -0.39 is 5.41 Å². The predicted octanol–water partition coefficient (Wildman–Crippen LogP) is 3.18. The van der Waals surface area contributed by atoms with Crippen LogP contribution in [0, 0.1) is 6.92 Å². The van der Waals surface area contributed by atoms with Crippen molar-refractivity contribution in [2.45, 2.75) is 25.7 Å². The summed E-state index contributed by atoms with van der Waals surface area (Å²) in [7, 11) is 1.88. The van der Waals surface area contributed by atoms with Crippen molar-refractivity contribution >= 4 is 11.6 Å². The summed E-state index contributed by atoms with van der Waals surface area (Å²) < 4.78 is 0. The molecule has 0 aromatic heterocycles. The standard InChI is InChI=1S/C18H17NO/c1-11-7-8-14-13(9-11)10-12-5-4-6-15-16(12)18(14,2)17(20)19(15)3/h4-9H,10H2,1-3H3. The fourth-order valence-electron chi connectivity index (χ4n) is 3.95. The molecule has 1 aliphatic carbocycles. The minimum absolute atomic E-state index is 0.185. The fourth-order valence-corrected chi connectivity index (χ4v) is 3.95. The quantitative estimate of drug-likeness (QED) is 0.715. The van der Waals surface area contributed by atoms with Gasteiger partial charge >= 0.3 is 0 Å². The molecule has 20 heavy (non-hydrogen) atoms. The van der Waals surface area contributed by atoms with E-state index >= 15 is 0 Å². The van der Waals surface area contributed by atoms with Crippen LogP contribution < -0.4 is 4.90 Å². The summed E-state index contributed by atoms with van der Waals surface area (Å²) in [4.78, 5) is 14.7. The Balaban J connectivity index is 2.11. The van der Waals surface area contributed by atoms with Gasteiger partial charge in [0.15, 0.2) is 0 Å². The summed E-state index contributed by atoms with van der Waals surface area (Å²) in [5.74, 6) is 0.185. The number of fused-ring (bicyclic) bond motifs is 2.